The number of aromatic nitrogens is 1. The lowest BCUT2D eigenvalue weighted by Crippen LogP contribution is -2.52. The fourth-order valence-corrected chi connectivity index (χ4v) is 3.57. The van der Waals surface area contributed by atoms with Crippen LogP contribution in [0.3, 0.4) is 0 Å². The molecule has 8 heteroatoms. The number of carbonyl (C=O) groups is 3. The lowest BCUT2D eigenvalue weighted by Gasteiger charge is -2.29. The number of benzene rings is 1. The van der Waals surface area contributed by atoms with Crippen LogP contribution in [0.25, 0.3) is 0 Å². The zero-order valence-electron chi connectivity index (χ0n) is 14.6. The summed E-state index contributed by atoms with van der Waals surface area (Å²) in [6.45, 7) is 0.777. The highest BCUT2D eigenvalue weighted by molar-refractivity contribution is 6.06. The number of nitrogen functional groups attached to an aromatic ring is 1. The maximum Gasteiger partial charge on any atom is 0.255 e. The first-order valence-electron chi connectivity index (χ1n) is 8.75. The quantitative estimate of drug-likeness (QED) is 0.697. The lowest BCUT2D eigenvalue weighted by atomic mass is 10.0. The molecule has 4 rings (SSSR count). The summed E-state index contributed by atoms with van der Waals surface area (Å²) in [4.78, 5) is 42.3. The van der Waals surface area contributed by atoms with Crippen molar-refractivity contribution in [3.8, 4) is 0 Å². The predicted molar refractivity (Wildman–Crippen MR) is 98.5 cm³/mol. The second kappa shape index (κ2) is 6.71. The summed E-state index contributed by atoms with van der Waals surface area (Å²) in [7, 11) is 0. The third-order valence-electron chi connectivity index (χ3n) is 4.87. The molecule has 2 aliphatic heterocycles. The van der Waals surface area contributed by atoms with Gasteiger partial charge in [0.1, 0.15) is 17.7 Å². The molecule has 0 aliphatic carbocycles. The minimum atomic E-state index is -0.612. The van der Waals surface area contributed by atoms with Crippen LogP contribution in [0.1, 0.15) is 34.3 Å². The van der Waals surface area contributed by atoms with E-state index < -0.39 is 11.9 Å². The standard InChI is InChI=1S/C19H19N5O3/c20-14-5-2-6-15(22-14)21-9-11-3-1-4-12-10-24(19(27)17(11)12)13-7-8-16(25)23-18(13)26/h1-6,13H,7-10H2,(H3,20,21,22)(H,23,25,26). The molecular weight excluding hydrogens is 346 g/mol. The Hall–Kier alpha value is -3.42. The van der Waals surface area contributed by atoms with Crippen LogP contribution in [0.15, 0.2) is 36.4 Å². The maximum atomic E-state index is 13.0. The summed E-state index contributed by atoms with van der Waals surface area (Å²) in [6, 6.07) is 10.4. The summed E-state index contributed by atoms with van der Waals surface area (Å²) >= 11 is 0. The molecule has 8 nitrogen and oxygen atoms in total. The van der Waals surface area contributed by atoms with Gasteiger partial charge >= 0.3 is 0 Å². The summed E-state index contributed by atoms with van der Waals surface area (Å²) < 4.78 is 0. The number of anilines is 2. The van der Waals surface area contributed by atoms with Crippen molar-refractivity contribution >= 4 is 29.4 Å². The predicted octanol–water partition coefficient (Wildman–Crippen LogP) is 1.04. The van der Waals surface area contributed by atoms with E-state index in [-0.39, 0.29) is 18.2 Å². The Morgan fingerprint density at radius 1 is 1.19 bits per heavy atom. The van der Waals surface area contributed by atoms with E-state index in [9.17, 15) is 14.4 Å². The molecule has 0 spiro atoms. The fourth-order valence-electron chi connectivity index (χ4n) is 3.57. The van der Waals surface area contributed by atoms with Crippen LogP contribution >= 0.6 is 0 Å². The minimum absolute atomic E-state index is 0.183. The molecule has 1 aromatic carbocycles. The monoisotopic (exact) mass is 365 g/mol. The zero-order valence-corrected chi connectivity index (χ0v) is 14.6. The van der Waals surface area contributed by atoms with Gasteiger partial charge in [0.15, 0.2) is 0 Å². The van der Waals surface area contributed by atoms with E-state index in [0.717, 1.165) is 11.1 Å². The Balaban J connectivity index is 1.54. The van der Waals surface area contributed by atoms with Gasteiger partial charge in [0.2, 0.25) is 11.8 Å². The molecule has 27 heavy (non-hydrogen) atoms. The number of imide groups is 1. The van der Waals surface area contributed by atoms with Crippen LogP contribution in [0.4, 0.5) is 11.6 Å². The largest absolute Gasteiger partial charge is 0.384 e. The molecule has 3 amide bonds. The van der Waals surface area contributed by atoms with E-state index in [0.29, 0.717) is 36.7 Å². The molecule has 0 radical (unpaired) electrons. The van der Waals surface area contributed by atoms with Crippen LogP contribution in [-0.4, -0.2) is 33.6 Å². The topological polar surface area (TPSA) is 117 Å². The van der Waals surface area contributed by atoms with Crippen molar-refractivity contribution in [2.24, 2.45) is 0 Å². The first-order valence-corrected chi connectivity index (χ1v) is 8.75. The molecule has 2 aliphatic rings. The molecule has 1 aromatic heterocycles. The van der Waals surface area contributed by atoms with E-state index in [4.69, 9.17) is 5.73 Å². The average Bonchev–Trinajstić information content (AvgIpc) is 2.97. The van der Waals surface area contributed by atoms with Gasteiger partial charge in [-0.2, -0.15) is 0 Å². The number of amides is 3. The van der Waals surface area contributed by atoms with Gasteiger partial charge in [-0.25, -0.2) is 4.98 Å². The Morgan fingerprint density at radius 3 is 2.78 bits per heavy atom. The van der Waals surface area contributed by atoms with Crippen LogP contribution in [0, 0.1) is 0 Å². The first-order chi connectivity index (χ1) is 13.0. The SMILES string of the molecule is Nc1cccc(NCc2cccc3c2C(=O)N(C2CCC(=O)NC2=O)C3)n1. The van der Waals surface area contributed by atoms with E-state index >= 15 is 0 Å². The van der Waals surface area contributed by atoms with Crippen molar-refractivity contribution in [1.29, 1.82) is 0 Å². The number of hydrogen-bond acceptors (Lipinski definition) is 6. The van der Waals surface area contributed by atoms with Crippen LogP contribution < -0.4 is 16.4 Å². The number of carbonyl (C=O) groups excluding carboxylic acids is 3. The smallest absolute Gasteiger partial charge is 0.255 e. The molecule has 1 saturated heterocycles. The fraction of sp³-hybridized carbons (Fsp3) is 0.263. The summed E-state index contributed by atoms with van der Waals surface area (Å²) in [5.41, 5.74) is 8.01. The highest BCUT2D eigenvalue weighted by Gasteiger charge is 2.39. The number of rotatable bonds is 4. The molecule has 4 N–H and O–H groups in total. The van der Waals surface area contributed by atoms with Gasteiger partial charge in [-0.1, -0.05) is 24.3 Å². The van der Waals surface area contributed by atoms with Crippen LogP contribution in [0.5, 0.6) is 0 Å². The number of nitrogens with zero attached hydrogens (tertiary/aromatic N) is 2. The summed E-state index contributed by atoms with van der Waals surface area (Å²) in [5.74, 6) is 0.159. The number of nitrogens with two attached hydrogens (primary N) is 1. The van der Waals surface area contributed by atoms with Gasteiger partial charge in [0, 0.05) is 25.1 Å². The van der Waals surface area contributed by atoms with Crippen LogP contribution in [0.2, 0.25) is 0 Å². The maximum absolute atomic E-state index is 13.0. The molecule has 2 aromatic rings. The van der Waals surface area contributed by atoms with Gasteiger partial charge in [-0.3, -0.25) is 19.7 Å². The lowest BCUT2D eigenvalue weighted by molar-refractivity contribution is -0.136. The Labute approximate surface area is 155 Å². The van der Waals surface area contributed by atoms with Crippen molar-refractivity contribution in [3.63, 3.8) is 0 Å². The Bertz CT molecular complexity index is 943. The third-order valence-corrected chi connectivity index (χ3v) is 4.87. The van der Waals surface area contributed by atoms with Crippen molar-refractivity contribution in [1.82, 2.24) is 15.2 Å². The van der Waals surface area contributed by atoms with Crippen molar-refractivity contribution in [3.05, 3.63) is 53.1 Å². The molecule has 0 bridgehead atoms. The molecule has 1 atom stereocenters. The Kier molecular flexibility index (Phi) is 4.23. The van der Waals surface area contributed by atoms with Gasteiger partial charge in [-0.05, 0) is 29.7 Å². The first kappa shape index (κ1) is 17.0. The second-order valence-electron chi connectivity index (χ2n) is 6.65. The van der Waals surface area contributed by atoms with Crippen LogP contribution in [-0.2, 0) is 22.7 Å². The zero-order chi connectivity index (χ0) is 19.0. The third kappa shape index (κ3) is 3.21. The second-order valence-corrected chi connectivity index (χ2v) is 6.65. The number of piperidine rings is 1. The Morgan fingerprint density at radius 2 is 2.00 bits per heavy atom. The molecule has 1 fully saturated rings. The van der Waals surface area contributed by atoms with Crippen molar-refractivity contribution in [2.45, 2.75) is 32.0 Å². The van der Waals surface area contributed by atoms with Crippen molar-refractivity contribution in [2.75, 3.05) is 11.1 Å². The average molecular weight is 365 g/mol. The molecular formula is C19H19N5O3. The van der Waals surface area contributed by atoms with E-state index in [1.54, 1.807) is 23.1 Å². The van der Waals surface area contributed by atoms with Gasteiger partial charge in [0.25, 0.3) is 5.91 Å². The molecule has 138 valence electrons. The van der Waals surface area contributed by atoms with E-state index in [1.165, 1.54) is 0 Å². The van der Waals surface area contributed by atoms with Crippen molar-refractivity contribution < 1.29 is 14.4 Å². The molecule has 0 saturated carbocycles. The van der Waals surface area contributed by atoms with E-state index in [1.807, 2.05) is 18.2 Å². The number of fused-ring (bicyclic) bond motifs is 1. The van der Waals surface area contributed by atoms with E-state index in [2.05, 4.69) is 15.6 Å². The highest BCUT2D eigenvalue weighted by atomic mass is 16.2. The normalized spacial score (nSPS) is 19.0. The van der Waals surface area contributed by atoms with Gasteiger partial charge < -0.3 is 16.0 Å². The summed E-state index contributed by atoms with van der Waals surface area (Å²) in [5, 5.41) is 5.49. The summed E-state index contributed by atoms with van der Waals surface area (Å²) in [6.07, 6.45) is 0.594. The number of pyridine rings is 1. The molecule has 3 heterocycles. The minimum Gasteiger partial charge on any atom is -0.384 e. The number of nitrogens with one attached hydrogen (secondary N) is 2. The van der Waals surface area contributed by atoms with Gasteiger partial charge in [-0.15, -0.1) is 0 Å². The molecule has 1 unspecified atom stereocenters. The van der Waals surface area contributed by atoms with Gasteiger partial charge in [0.05, 0.1) is 0 Å². The highest BCUT2D eigenvalue weighted by Crippen LogP contribution is 2.30. The number of hydrogen-bond donors (Lipinski definition) is 3.